The Morgan fingerprint density at radius 2 is 2.25 bits per heavy atom. The third-order valence-electron chi connectivity index (χ3n) is 1.84. The summed E-state index contributed by atoms with van der Waals surface area (Å²) in [5, 5.41) is 3.08. The second-order valence-electron chi connectivity index (χ2n) is 2.69. The zero-order valence-electron chi connectivity index (χ0n) is 6.78. The molecule has 0 saturated carbocycles. The summed E-state index contributed by atoms with van der Waals surface area (Å²) in [7, 11) is 0. The topological polar surface area (TPSA) is 29.1 Å². The van der Waals surface area contributed by atoms with Crippen LogP contribution in [-0.2, 0) is 4.57 Å². The van der Waals surface area contributed by atoms with Crippen molar-refractivity contribution in [3.8, 4) is 0 Å². The third kappa shape index (κ3) is 1.27. The third-order valence-corrected chi connectivity index (χ3v) is 6.63. The number of benzene rings is 1. The molecule has 2 rings (SSSR count). The SMILES string of the molecule is CCP1(=O)Nc2ccccc2S1. The largest absolute Gasteiger partial charge is 0.327 e. The highest BCUT2D eigenvalue weighted by Gasteiger charge is 2.29. The van der Waals surface area contributed by atoms with E-state index in [1.54, 1.807) is 0 Å². The molecule has 1 aromatic carbocycles. The molecule has 1 heterocycles. The lowest BCUT2D eigenvalue weighted by Crippen LogP contribution is -1.88. The highest BCUT2D eigenvalue weighted by Crippen LogP contribution is 2.67. The highest BCUT2D eigenvalue weighted by atomic mass is 32.7. The first-order chi connectivity index (χ1) is 5.73. The van der Waals surface area contributed by atoms with Crippen LogP contribution in [0.25, 0.3) is 0 Å². The molecule has 0 amide bonds. The monoisotopic (exact) mass is 199 g/mol. The van der Waals surface area contributed by atoms with Gasteiger partial charge in [0.1, 0.15) is 0 Å². The number of rotatable bonds is 1. The Kier molecular flexibility index (Phi) is 1.93. The molecule has 1 atom stereocenters. The van der Waals surface area contributed by atoms with E-state index in [4.69, 9.17) is 0 Å². The minimum Gasteiger partial charge on any atom is -0.327 e. The van der Waals surface area contributed by atoms with Gasteiger partial charge in [-0.15, -0.1) is 0 Å². The van der Waals surface area contributed by atoms with Gasteiger partial charge in [-0.25, -0.2) is 0 Å². The van der Waals surface area contributed by atoms with Crippen LogP contribution in [0, 0.1) is 0 Å². The van der Waals surface area contributed by atoms with Crippen LogP contribution in [0.2, 0.25) is 0 Å². The van der Waals surface area contributed by atoms with Crippen molar-refractivity contribution < 1.29 is 4.57 Å². The first-order valence-electron chi connectivity index (χ1n) is 3.89. The van der Waals surface area contributed by atoms with E-state index in [2.05, 4.69) is 5.09 Å². The molecule has 1 N–H and O–H groups in total. The van der Waals surface area contributed by atoms with Gasteiger partial charge in [-0.3, -0.25) is 4.57 Å². The molecule has 1 aliphatic heterocycles. The van der Waals surface area contributed by atoms with Crippen molar-refractivity contribution in [2.75, 3.05) is 11.2 Å². The minimum absolute atomic E-state index is 0.701. The first kappa shape index (κ1) is 8.21. The molecule has 4 heteroatoms. The average molecular weight is 199 g/mol. The number of hydrogen-bond donors (Lipinski definition) is 1. The van der Waals surface area contributed by atoms with Crippen LogP contribution in [0.5, 0.6) is 0 Å². The summed E-state index contributed by atoms with van der Waals surface area (Å²) in [5.41, 5.74) is 1.02. The summed E-state index contributed by atoms with van der Waals surface area (Å²) in [4.78, 5) is 1.11. The maximum absolute atomic E-state index is 11.9. The van der Waals surface area contributed by atoms with Crippen molar-refractivity contribution in [2.24, 2.45) is 0 Å². The fourth-order valence-electron chi connectivity index (χ4n) is 1.15. The maximum atomic E-state index is 11.9. The highest BCUT2D eigenvalue weighted by molar-refractivity contribution is 8.59. The fraction of sp³-hybridized carbons (Fsp3) is 0.250. The molecular formula is C8H10NOPS. The zero-order chi connectivity index (χ0) is 8.60. The van der Waals surface area contributed by atoms with E-state index >= 15 is 0 Å². The Morgan fingerprint density at radius 1 is 1.50 bits per heavy atom. The van der Waals surface area contributed by atoms with Crippen molar-refractivity contribution in [3.63, 3.8) is 0 Å². The molecule has 0 fully saturated rings. The van der Waals surface area contributed by atoms with Crippen molar-refractivity contribution in [2.45, 2.75) is 11.8 Å². The summed E-state index contributed by atoms with van der Waals surface area (Å²) in [6.07, 6.45) is 0.701. The van der Waals surface area contributed by atoms with Crippen LogP contribution in [0.1, 0.15) is 6.92 Å². The lowest BCUT2D eigenvalue weighted by molar-refractivity contribution is 0.589. The van der Waals surface area contributed by atoms with Crippen LogP contribution in [0.3, 0.4) is 0 Å². The first-order valence-corrected chi connectivity index (χ1v) is 7.21. The minimum atomic E-state index is -2.17. The zero-order valence-corrected chi connectivity index (χ0v) is 8.49. The lowest BCUT2D eigenvalue weighted by Gasteiger charge is -2.06. The standard InChI is InChI=1S/C8H10NOPS/c1-2-11(10)9-7-5-3-4-6-8(7)12-11/h3-6H,2H2,1H3,(H,9,10). The van der Waals surface area contributed by atoms with Gasteiger partial charge in [0.15, 0.2) is 0 Å². The van der Waals surface area contributed by atoms with Gasteiger partial charge in [0.25, 0.3) is 0 Å². The average Bonchev–Trinajstić information content (AvgIpc) is 2.42. The van der Waals surface area contributed by atoms with E-state index < -0.39 is 6.49 Å². The van der Waals surface area contributed by atoms with Crippen LogP contribution in [0.4, 0.5) is 5.69 Å². The number of para-hydroxylation sites is 1. The van der Waals surface area contributed by atoms with Gasteiger partial charge in [0, 0.05) is 11.1 Å². The molecule has 64 valence electrons. The normalized spacial score (nSPS) is 26.4. The Hall–Kier alpha value is -0.400. The summed E-state index contributed by atoms with van der Waals surface area (Å²) < 4.78 is 11.9. The van der Waals surface area contributed by atoms with Gasteiger partial charge in [0.2, 0.25) is 6.49 Å². The number of nitrogens with one attached hydrogen (secondary N) is 1. The molecule has 1 aliphatic rings. The summed E-state index contributed by atoms with van der Waals surface area (Å²) >= 11 is 1.48. The molecule has 2 nitrogen and oxygen atoms in total. The second kappa shape index (κ2) is 2.82. The summed E-state index contributed by atoms with van der Waals surface area (Å²) in [6.45, 7) is -0.215. The predicted molar refractivity (Wildman–Crippen MR) is 54.1 cm³/mol. The molecule has 0 saturated heterocycles. The fourth-order valence-corrected chi connectivity index (χ4v) is 5.04. The molecule has 0 aliphatic carbocycles. The van der Waals surface area contributed by atoms with Crippen molar-refractivity contribution in [3.05, 3.63) is 24.3 Å². The van der Waals surface area contributed by atoms with E-state index in [0.29, 0.717) is 6.16 Å². The Bertz CT molecular complexity index is 324. The van der Waals surface area contributed by atoms with E-state index in [0.717, 1.165) is 10.6 Å². The van der Waals surface area contributed by atoms with Crippen LogP contribution >= 0.6 is 17.9 Å². The van der Waals surface area contributed by atoms with Crippen LogP contribution < -0.4 is 5.09 Å². The molecule has 0 spiro atoms. The maximum Gasteiger partial charge on any atom is 0.227 e. The molecule has 0 bridgehead atoms. The van der Waals surface area contributed by atoms with Crippen LogP contribution in [-0.4, -0.2) is 6.16 Å². The van der Waals surface area contributed by atoms with Crippen molar-refractivity contribution >= 4 is 23.6 Å². The number of anilines is 1. The Labute approximate surface area is 75.9 Å². The molecule has 12 heavy (non-hydrogen) atoms. The number of hydrogen-bond acceptors (Lipinski definition) is 2. The van der Waals surface area contributed by atoms with Gasteiger partial charge in [-0.05, 0) is 23.5 Å². The van der Waals surface area contributed by atoms with Crippen molar-refractivity contribution in [1.82, 2.24) is 0 Å². The van der Waals surface area contributed by atoms with E-state index in [1.165, 1.54) is 11.4 Å². The predicted octanol–water partition coefficient (Wildman–Crippen LogP) is 3.42. The van der Waals surface area contributed by atoms with Gasteiger partial charge >= 0.3 is 0 Å². The van der Waals surface area contributed by atoms with Crippen LogP contribution in [0.15, 0.2) is 29.2 Å². The number of fused-ring (bicyclic) bond motifs is 1. The van der Waals surface area contributed by atoms with Gasteiger partial charge in [-0.2, -0.15) is 0 Å². The van der Waals surface area contributed by atoms with E-state index in [9.17, 15) is 4.57 Å². The summed E-state index contributed by atoms with van der Waals surface area (Å²) in [6, 6.07) is 7.90. The Morgan fingerprint density at radius 3 is 2.92 bits per heavy atom. The lowest BCUT2D eigenvalue weighted by atomic mass is 10.3. The smallest absolute Gasteiger partial charge is 0.227 e. The van der Waals surface area contributed by atoms with Crippen molar-refractivity contribution in [1.29, 1.82) is 0 Å². The second-order valence-corrected chi connectivity index (χ2v) is 7.83. The molecular weight excluding hydrogens is 189 g/mol. The summed E-state index contributed by atoms with van der Waals surface area (Å²) in [5.74, 6) is 0. The quantitative estimate of drug-likeness (QED) is 0.702. The molecule has 0 radical (unpaired) electrons. The van der Waals surface area contributed by atoms with E-state index in [-0.39, 0.29) is 0 Å². The van der Waals surface area contributed by atoms with Gasteiger partial charge in [-0.1, -0.05) is 19.1 Å². The molecule has 0 aromatic heterocycles. The van der Waals surface area contributed by atoms with Gasteiger partial charge in [0.05, 0.1) is 5.69 Å². The van der Waals surface area contributed by atoms with E-state index in [1.807, 2.05) is 31.2 Å². The molecule has 1 aromatic rings. The molecule has 1 unspecified atom stereocenters. The van der Waals surface area contributed by atoms with Gasteiger partial charge < -0.3 is 5.09 Å². The Balaban J connectivity index is 2.39.